The molecule has 0 saturated carbocycles. The number of benzene rings is 3. The second-order valence-corrected chi connectivity index (χ2v) is 13.8. The van der Waals surface area contributed by atoms with Crippen LogP contribution >= 0.6 is 11.6 Å². The average Bonchev–Trinajstić information content (AvgIpc) is 2.96. The summed E-state index contributed by atoms with van der Waals surface area (Å²) in [5.41, 5.74) is 4.33. The topological polar surface area (TPSA) is 107 Å². The highest BCUT2D eigenvalue weighted by Gasteiger charge is 2.27. The summed E-state index contributed by atoms with van der Waals surface area (Å²) in [6, 6.07) is 20.8. The molecule has 0 radical (unpaired) electrons. The summed E-state index contributed by atoms with van der Waals surface area (Å²) >= 11 is 6.27. The minimum atomic E-state index is -3.82. The Morgan fingerprint density at radius 2 is 1.67 bits per heavy atom. The van der Waals surface area contributed by atoms with Crippen LogP contribution in [0.5, 0.6) is 0 Å². The van der Waals surface area contributed by atoms with E-state index in [0.29, 0.717) is 18.4 Å². The van der Waals surface area contributed by atoms with Gasteiger partial charge in [0.25, 0.3) is 0 Å². The van der Waals surface area contributed by atoms with Gasteiger partial charge in [-0.1, -0.05) is 67.1 Å². The van der Waals surface area contributed by atoms with E-state index in [1.54, 1.807) is 12.1 Å². The van der Waals surface area contributed by atoms with Gasteiger partial charge in [-0.2, -0.15) is 4.31 Å². The molecule has 0 fully saturated rings. The number of carboxylic acid groups (broad SMARTS) is 1. The lowest BCUT2D eigenvalue weighted by molar-refractivity contribution is -0.136. The Balaban J connectivity index is 1.59. The number of aliphatic hydroxyl groups excluding tert-OH is 1. The number of carboxylic acids is 1. The third-order valence-electron chi connectivity index (χ3n) is 7.53. The number of β-amino-alcohol motifs (C(OH)–C–C–N with tert-alkyl or cyclic N) is 1. The molecule has 228 valence electrons. The Morgan fingerprint density at radius 3 is 2.31 bits per heavy atom. The maximum Gasteiger partial charge on any atom is 0.303 e. The summed E-state index contributed by atoms with van der Waals surface area (Å²) in [6.07, 6.45) is 2.85. The second kappa shape index (κ2) is 15.1. The zero-order valence-corrected chi connectivity index (χ0v) is 26.5. The molecule has 42 heavy (non-hydrogen) atoms. The second-order valence-electron chi connectivity index (χ2n) is 11.4. The van der Waals surface area contributed by atoms with Gasteiger partial charge < -0.3 is 15.5 Å². The minimum absolute atomic E-state index is 0.0340. The zero-order chi connectivity index (χ0) is 30.9. The fourth-order valence-electron chi connectivity index (χ4n) is 4.93. The number of carbonyl (C=O) groups is 1. The quantitative estimate of drug-likeness (QED) is 0.184. The van der Waals surface area contributed by atoms with Gasteiger partial charge in [0, 0.05) is 37.1 Å². The van der Waals surface area contributed by atoms with Crippen LogP contribution in [-0.2, 0) is 34.1 Å². The third kappa shape index (κ3) is 9.64. The Hall–Kier alpha value is -2.75. The molecular formula is C33H43ClN2O5S. The summed E-state index contributed by atoms with van der Waals surface area (Å²) < 4.78 is 28.2. The van der Waals surface area contributed by atoms with E-state index in [1.165, 1.54) is 11.4 Å². The first-order chi connectivity index (χ1) is 19.8. The summed E-state index contributed by atoms with van der Waals surface area (Å²) in [5.74, 6) is -0.832. The van der Waals surface area contributed by atoms with E-state index in [9.17, 15) is 18.3 Å². The Bertz CT molecular complexity index is 1440. The van der Waals surface area contributed by atoms with Gasteiger partial charge in [-0.25, -0.2) is 8.42 Å². The number of nitrogens with one attached hydrogen (secondary N) is 1. The van der Waals surface area contributed by atoms with Crippen molar-refractivity contribution >= 4 is 27.6 Å². The molecule has 0 bridgehead atoms. The Labute approximate surface area is 255 Å². The van der Waals surface area contributed by atoms with E-state index < -0.39 is 22.1 Å². The fraction of sp³-hybridized carbons (Fsp3) is 0.424. The number of nitrogens with zero attached hydrogens (tertiary/aromatic N) is 1. The molecule has 0 aliphatic carbocycles. The van der Waals surface area contributed by atoms with E-state index >= 15 is 0 Å². The lowest BCUT2D eigenvalue weighted by Crippen LogP contribution is -2.46. The van der Waals surface area contributed by atoms with E-state index in [1.807, 2.05) is 61.5 Å². The van der Waals surface area contributed by atoms with E-state index in [4.69, 9.17) is 16.7 Å². The monoisotopic (exact) mass is 614 g/mol. The molecule has 3 rings (SSSR count). The van der Waals surface area contributed by atoms with Crippen LogP contribution in [0.25, 0.3) is 11.1 Å². The summed E-state index contributed by atoms with van der Waals surface area (Å²) in [7, 11) is -2.33. The first kappa shape index (κ1) is 33.7. The minimum Gasteiger partial charge on any atom is -0.481 e. The number of likely N-dealkylation sites (N-methyl/N-ethyl adjacent to an activating group) is 1. The normalized spacial score (nSPS) is 12.9. The summed E-state index contributed by atoms with van der Waals surface area (Å²) in [6.45, 7) is 6.30. The number of aliphatic carboxylic acids is 1. The molecule has 3 aromatic carbocycles. The average molecular weight is 615 g/mol. The Kier molecular flexibility index (Phi) is 12.1. The highest BCUT2D eigenvalue weighted by Crippen LogP contribution is 2.28. The molecule has 0 spiro atoms. The van der Waals surface area contributed by atoms with Crippen molar-refractivity contribution < 1.29 is 23.4 Å². The van der Waals surface area contributed by atoms with Crippen molar-refractivity contribution in [2.24, 2.45) is 0 Å². The van der Waals surface area contributed by atoms with Crippen molar-refractivity contribution in [2.45, 2.75) is 75.8 Å². The molecule has 9 heteroatoms. The SMILES string of the molecule is CCc1cc(-c2ccc(CCC(=O)O)cc2)ccc1S(=O)(=O)N(C)C[C@H](O)CNC(C)(C)CCCc1ccccc1Cl. The molecule has 0 heterocycles. The van der Waals surface area contributed by atoms with Gasteiger partial charge in [0.2, 0.25) is 10.0 Å². The van der Waals surface area contributed by atoms with Gasteiger partial charge in [-0.3, -0.25) is 4.79 Å². The number of aryl methyl sites for hydroxylation is 3. The van der Waals surface area contributed by atoms with Crippen molar-refractivity contribution in [1.29, 1.82) is 0 Å². The first-order valence-corrected chi connectivity index (χ1v) is 16.2. The lowest BCUT2D eigenvalue weighted by atomic mass is 9.95. The van der Waals surface area contributed by atoms with Gasteiger partial charge in [0.05, 0.1) is 11.0 Å². The van der Waals surface area contributed by atoms with Crippen molar-refractivity contribution in [3.05, 3.63) is 88.4 Å². The van der Waals surface area contributed by atoms with Crippen LogP contribution in [0.1, 0.15) is 56.7 Å². The van der Waals surface area contributed by atoms with Crippen LogP contribution in [0.15, 0.2) is 71.6 Å². The van der Waals surface area contributed by atoms with Gasteiger partial charge >= 0.3 is 5.97 Å². The van der Waals surface area contributed by atoms with E-state index in [2.05, 4.69) is 19.2 Å². The number of hydrogen-bond acceptors (Lipinski definition) is 5. The van der Waals surface area contributed by atoms with Gasteiger partial charge in [0.1, 0.15) is 0 Å². The third-order valence-corrected chi connectivity index (χ3v) is 9.83. The summed E-state index contributed by atoms with van der Waals surface area (Å²) in [4.78, 5) is 11.1. The number of rotatable bonds is 16. The molecule has 0 saturated heterocycles. The number of halogens is 1. The van der Waals surface area contributed by atoms with Gasteiger partial charge in [0.15, 0.2) is 0 Å². The van der Waals surface area contributed by atoms with Crippen molar-refractivity contribution in [3.8, 4) is 11.1 Å². The van der Waals surface area contributed by atoms with Crippen LogP contribution in [0.4, 0.5) is 0 Å². The van der Waals surface area contributed by atoms with Crippen LogP contribution in [0.3, 0.4) is 0 Å². The molecule has 3 aromatic rings. The predicted molar refractivity (Wildman–Crippen MR) is 170 cm³/mol. The molecule has 1 atom stereocenters. The molecule has 0 aliphatic rings. The van der Waals surface area contributed by atoms with Crippen LogP contribution in [-0.4, -0.2) is 60.7 Å². The smallest absolute Gasteiger partial charge is 0.303 e. The molecule has 0 unspecified atom stereocenters. The number of aliphatic hydroxyl groups is 1. The van der Waals surface area contributed by atoms with Crippen LogP contribution < -0.4 is 5.32 Å². The van der Waals surface area contributed by atoms with Crippen molar-refractivity contribution in [2.75, 3.05) is 20.1 Å². The molecule has 0 amide bonds. The number of sulfonamides is 1. The molecule has 7 nitrogen and oxygen atoms in total. The lowest BCUT2D eigenvalue weighted by Gasteiger charge is -2.29. The molecular weight excluding hydrogens is 572 g/mol. The highest BCUT2D eigenvalue weighted by atomic mass is 35.5. The van der Waals surface area contributed by atoms with E-state index in [0.717, 1.165) is 46.5 Å². The largest absolute Gasteiger partial charge is 0.481 e. The predicted octanol–water partition coefficient (Wildman–Crippen LogP) is 5.96. The Morgan fingerprint density at radius 1 is 1.00 bits per heavy atom. The van der Waals surface area contributed by atoms with Crippen LogP contribution in [0, 0.1) is 0 Å². The van der Waals surface area contributed by atoms with Crippen LogP contribution in [0.2, 0.25) is 5.02 Å². The highest BCUT2D eigenvalue weighted by molar-refractivity contribution is 7.89. The van der Waals surface area contributed by atoms with Gasteiger partial charge in [-0.15, -0.1) is 0 Å². The number of hydrogen-bond donors (Lipinski definition) is 3. The first-order valence-electron chi connectivity index (χ1n) is 14.4. The fourth-order valence-corrected chi connectivity index (χ4v) is 6.64. The maximum absolute atomic E-state index is 13.5. The standard InChI is InChI=1S/C33H43ClN2O5S/c1-5-25-21-28(26-15-12-24(13-16-26)14-19-32(38)39)17-18-31(25)42(40,41)36(4)23-29(37)22-35-33(2,3)20-8-10-27-9-6-7-11-30(27)34/h6-7,9,11-13,15-18,21,29,35,37H,5,8,10,14,19-20,22-23H2,1-4H3,(H,38,39)/t29-/m1/s1. The zero-order valence-electron chi connectivity index (χ0n) is 24.9. The van der Waals surface area contributed by atoms with Crippen molar-refractivity contribution in [1.82, 2.24) is 9.62 Å². The summed E-state index contributed by atoms with van der Waals surface area (Å²) in [5, 5.41) is 23.8. The van der Waals surface area contributed by atoms with Gasteiger partial charge in [-0.05, 0) is 92.0 Å². The molecule has 0 aromatic heterocycles. The maximum atomic E-state index is 13.5. The molecule has 3 N–H and O–H groups in total. The van der Waals surface area contributed by atoms with Crippen molar-refractivity contribution in [3.63, 3.8) is 0 Å². The van der Waals surface area contributed by atoms with E-state index in [-0.39, 0.29) is 29.9 Å². The molecule has 0 aliphatic heterocycles.